The maximum absolute atomic E-state index is 14.8. The molecule has 0 unspecified atom stereocenters. The summed E-state index contributed by atoms with van der Waals surface area (Å²) < 4.78 is 51.8. The minimum Gasteiger partial charge on any atom is -0.353 e. The number of likely N-dealkylation sites (tertiary alicyclic amines) is 1. The largest absolute Gasteiger partial charge is 0.389 e. The number of rotatable bonds is 6. The third-order valence-corrected chi connectivity index (χ3v) is 6.31. The van der Waals surface area contributed by atoms with E-state index in [9.17, 15) is 27.2 Å². The first-order valence-corrected chi connectivity index (χ1v) is 11.2. The zero-order valence-corrected chi connectivity index (χ0v) is 18.4. The van der Waals surface area contributed by atoms with E-state index >= 15 is 0 Å². The van der Waals surface area contributed by atoms with Gasteiger partial charge < -0.3 is 15.1 Å². The van der Waals surface area contributed by atoms with Crippen LogP contribution in [-0.4, -0.2) is 59.3 Å². The van der Waals surface area contributed by atoms with E-state index < -0.39 is 30.7 Å². The van der Waals surface area contributed by atoms with Crippen molar-refractivity contribution in [3.8, 4) is 0 Å². The van der Waals surface area contributed by atoms with Gasteiger partial charge in [-0.1, -0.05) is 6.07 Å². The van der Waals surface area contributed by atoms with E-state index in [1.807, 2.05) is 11.0 Å². The van der Waals surface area contributed by atoms with Gasteiger partial charge in [-0.3, -0.25) is 9.59 Å². The van der Waals surface area contributed by atoms with Crippen LogP contribution in [0, 0.1) is 11.7 Å². The molecular formula is C23H25F4N5O2. The lowest BCUT2D eigenvalue weighted by atomic mass is 9.88. The average Bonchev–Trinajstić information content (AvgIpc) is 2.77. The number of hydrogen-bond donors (Lipinski definition) is 1. The summed E-state index contributed by atoms with van der Waals surface area (Å²) >= 11 is 0. The van der Waals surface area contributed by atoms with Crippen LogP contribution in [0.5, 0.6) is 0 Å². The minimum absolute atomic E-state index is 0.136. The van der Waals surface area contributed by atoms with Gasteiger partial charge >= 0.3 is 6.18 Å². The molecular weight excluding hydrogens is 454 g/mol. The van der Waals surface area contributed by atoms with Crippen molar-refractivity contribution in [1.29, 1.82) is 0 Å². The maximum Gasteiger partial charge on any atom is 0.389 e. The fourth-order valence-electron chi connectivity index (χ4n) is 4.32. The van der Waals surface area contributed by atoms with E-state index in [-0.39, 0.29) is 17.7 Å². The molecule has 7 nitrogen and oxygen atoms in total. The molecule has 1 N–H and O–H groups in total. The van der Waals surface area contributed by atoms with Crippen molar-refractivity contribution in [2.24, 2.45) is 5.92 Å². The lowest BCUT2D eigenvalue weighted by molar-refractivity contribution is -0.149. The third kappa shape index (κ3) is 5.81. The summed E-state index contributed by atoms with van der Waals surface area (Å²) in [5, 5.41) is 10.6. The number of carbonyl (C=O) groups is 2. The minimum atomic E-state index is -4.36. The van der Waals surface area contributed by atoms with Crippen LogP contribution in [0.25, 0.3) is 0 Å². The van der Waals surface area contributed by atoms with Crippen LogP contribution >= 0.6 is 0 Å². The molecule has 2 amide bonds. The number of hydrogen-bond acceptors (Lipinski definition) is 5. The Morgan fingerprint density at radius 1 is 1.12 bits per heavy atom. The Labute approximate surface area is 194 Å². The van der Waals surface area contributed by atoms with Gasteiger partial charge in [0.25, 0.3) is 0 Å². The van der Waals surface area contributed by atoms with Crippen LogP contribution in [0.2, 0.25) is 0 Å². The first-order valence-electron chi connectivity index (χ1n) is 11.2. The molecule has 0 spiro atoms. The van der Waals surface area contributed by atoms with E-state index in [1.54, 1.807) is 24.4 Å². The van der Waals surface area contributed by atoms with Gasteiger partial charge in [0.05, 0.1) is 12.3 Å². The van der Waals surface area contributed by atoms with E-state index in [0.717, 1.165) is 0 Å². The molecule has 2 aliphatic heterocycles. The molecule has 2 aliphatic rings. The van der Waals surface area contributed by atoms with Crippen LogP contribution in [0.3, 0.4) is 0 Å². The summed E-state index contributed by atoms with van der Waals surface area (Å²) in [6.07, 6.45) is -3.53. The Balaban J connectivity index is 1.26. The maximum atomic E-state index is 14.8. The highest BCUT2D eigenvalue weighted by atomic mass is 19.4. The topological polar surface area (TPSA) is 78.4 Å². The smallest absolute Gasteiger partial charge is 0.353 e. The van der Waals surface area contributed by atoms with Gasteiger partial charge in [0.1, 0.15) is 5.82 Å². The molecule has 0 bridgehead atoms. The Morgan fingerprint density at radius 3 is 2.47 bits per heavy atom. The Bertz CT molecular complexity index is 1020. The molecule has 34 heavy (non-hydrogen) atoms. The number of nitrogens with one attached hydrogen (secondary N) is 1. The Morgan fingerprint density at radius 2 is 1.85 bits per heavy atom. The molecule has 0 atom stereocenters. The van der Waals surface area contributed by atoms with Gasteiger partial charge in [-0.25, -0.2) is 4.39 Å². The second kappa shape index (κ2) is 9.94. The Kier molecular flexibility index (Phi) is 6.99. The number of alkyl halides is 3. The lowest BCUT2D eigenvalue weighted by Crippen LogP contribution is -2.52. The van der Waals surface area contributed by atoms with Crippen LogP contribution < -0.4 is 10.2 Å². The number of amides is 2. The zero-order chi connectivity index (χ0) is 24.3. The molecule has 0 radical (unpaired) electrons. The molecule has 1 aromatic heterocycles. The summed E-state index contributed by atoms with van der Waals surface area (Å²) in [5.41, 5.74) is 0.849. The fraction of sp³-hybridized carbons (Fsp3) is 0.478. The number of nitrogens with zero attached hydrogens (tertiary/aromatic N) is 4. The summed E-state index contributed by atoms with van der Waals surface area (Å²) in [6, 6.07) is 8.15. The SMILES string of the molecule is O=C(Nc1ccc(C2CCN(C(=O)CCC(F)(F)F)CC2)c(F)c1)C1CN(c2cccnn2)C1. The van der Waals surface area contributed by atoms with E-state index in [2.05, 4.69) is 15.5 Å². The average molecular weight is 479 g/mol. The van der Waals surface area contributed by atoms with Gasteiger partial charge in [-0.2, -0.15) is 18.3 Å². The lowest BCUT2D eigenvalue weighted by Gasteiger charge is -2.38. The van der Waals surface area contributed by atoms with Crippen molar-refractivity contribution in [3.63, 3.8) is 0 Å². The molecule has 2 aromatic rings. The zero-order valence-electron chi connectivity index (χ0n) is 18.4. The number of aromatic nitrogens is 2. The van der Waals surface area contributed by atoms with Gasteiger partial charge in [-0.05, 0) is 48.6 Å². The number of anilines is 2. The predicted molar refractivity (Wildman–Crippen MR) is 117 cm³/mol. The molecule has 1 aromatic carbocycles. The first kappa shape index (κ1) is 23.9. The summed E-state index contributed by atoms with van der Waals surface area (Å²) in [5.74, 6) is -0.835. The van der Waals surface area contributed by atoms with Crippen molar-refractivity contribution in [1.82, 2.24) is 15.1 Å². The van der Waals surface area contributed by atoms with Gasteiger partial charge in [0.15, 0.2) is 5.82 Å². The highest BCUT2D eigenvalue weighted by molar-refractivity contribution is 5.94. The van der Waals surface area contributed by atoms with E-state index in [0.29, 0.717) is 56.1 Å². The van der Waals surface area contributed by atoms with E-state index in [4.69, 9.17) is 0 Å². The van der Waals surface area contributed by atoms with Crippen molar-refractivity contribution in [2.75, 3.05) is 36.4 Å². The monoisotopic (exact) mass is 479 g/mol. The number of halogens is 4. The predicted octanol–water partition coefficient (Wildman–Crippen LogP) is 3.74. The summed E-state index contributed by atoms with van der Waals surface area (Å²) in [4.78, 5) is 27.8. The van der Waals surface area contributed by atoms with E-state index in [1.165, 1.54) is 11.0 Å². The van der Waals surface area contributed by atoms with Crippen LogP contribution in [0.15, 0.2) is 36.5 Å². The van der Waals surface area contributed by atoms with Crippen molar-refractivity contribution in [2.45, 2.75) is 37.8 Å². The number of piperidine rings is 1. The number of benzene rings is 1. The molecule has 4 rings (SSSR count). The molecule has 2 saturated heterocycles. The molecule has 182 valence electrons. The van der Waals surface area contributed by atoms with Crippen molar-refractivity contribution >= 4 is 23.3 Å². The molecule has 2 fully saturated rings. The van der Waals surface area contributed by atoms with Crippen LogP contribution in [-0.2, 0) is 9.59 Å². The first-order chi connectivity index (χ1) is 16.2. The van der Waals surface area contributed by atoms with Crippen LogP contribution in [0.1, 0.15) is 37.2 Å². The normalized spacial score (nSPS) is 17.4. The standard InChI is InChI=1S/C23H25F4N5O2/c24-19-12-17(29-22(34)16-13-32(14-16)20-2-1-9-28-30-20)3-4-18(19)15-6-10-31(11-7-15)21(33)5-8-23(25,26)27/h1-4,9,12,15-16H,5-8,10-11,13-14H2,(H,29,34). The van der Waals surface area contributed by atoms with Crippen molar-refractivity contribution < 1.29 is 27.2 Å². The summed E-state index contributed by atoms with van der Waals surface area (Å²) in [7, 11) is 0. The number of carbonyl (C=O) groups excluding carboxylic acids is 2. The third-order valence-electron chi connectivity index (χ3n) is 6.31. The Hall–Kier alpha value is -3.24. The van der Waals surface area contributed by atoms with Crippen LogP contribution in [0.4, 0.5) is 29.1 Å². The quantitative estimate of drug-likeness (QED) is 0.639. The molecule has 3 heterocycles. The molecule has 0 saturated carbocycles. The fourth-order valence-corrected chi connectivity index (χ4v) is 4.32. The second-order valence-electron chi connectivity index (χ2n) is 8.68. The van der Waals surface area contributed by atoms with Crippen molar-refractivity contribution in [3.05, 3.63) is 47.9 Å². The summed E-state index contributed by atoms with van der Waals surface area (Å²) in [6.45, 7) is 1.60. The highest BCUT2D eigenvalue weighted by Gasteiger charge is 2.34. The molecule has 0 aliphatic carbocycles. The van der Waals surface area contributed by atoms with Gasteiger partial charge in [0.2, 0.25) is 11.8 Å². The van der Waals surface area contributed by atoms with Gasteiger partial charge in [0, 0.05) is 44.5 Å². The second-order valence-corrected chi connectivity index (χ2v) is 8.68. The highest BCUT2D eigenvalue weighted by Crippen LogP contribution is 2.32. The van der Waals surface area contributed by atoms with Gasteiger partial charge in [-0.15, -0.1) is 5.10 Å². The molecule has 11 heteroatoms.